The highest BCUT2D eigenvalue weighted by Gasteiger charge is 2.30. The van der Waals surface area contributed by atoms with Gasteiger partial charge in [0.15, 0.2) is 11.5 Å². The molecule has 0 unspecified atom stereocenters. The van der Waals surface area contributed by atoms with Gasteiger partial charge in [0.1, 0.15) is 17.7 Å². The Morgan fingerprint density at radius 2 is 1.72 bits per heavy atom. The SMILES string of the molecule is Cc1ccc(-n2nc(C(C)(C)C)cc2NC(=O)N[C@H]2CC[C@@H](Oc3ccc4nnc(-c5ccccc5SCCO)n4c3)c3ccccc32)cc1. The maximum atomic E-state index is 13.6. The molecule has 3 heterocycles. The maximum absolute atomic E-state index is 13.6. The number of aliphatic hydroxyl groups excluding tert-OH is 1. The molecule has 3 aromatic carbocycles. The van der Waals surface area contributed by atoms with Gasteiger partial charge in [-0.25, -0.2) is 9.48 Å². The van der Waals surface area contributed by atoms with Gasteiger partial charge in [-0.1, -0.05) is 80.9 Å². The van der Waals surface area contributed by atoms with Crippen LogP contribution in [0.1, 0.15) is 68.1 Å². The normalized spacial score (nSPS) is 15.9. The lowest BCUT2D eigenvalue weighted by Crippen LogP contribution is -2.36. The number of rotatable bonds is 9. The van der Waals surface area contributed by atoms with Crippen LogP contribution >= 0.6 is 11.8 Å². The van der Waals surface area contributed by atoms with E-state index in [1.165, 1.54) is 0 Å². The van der Waals surface area contributed by atoms with Gasteiger partial charge >= 0.3 is 6.03 Å². The zero-order valence-corrected chi connectivity index (χ0v) is 29.4. The molecule has 50 heavy (non-hydrogen) atoms. The summed E-state index contributed by atoms with van der Waals surface area (Å²) in [5.74, 6) is 2.61. The number of aryl methyl sites for hydroxylation is 1. The molecule has 11 heteroatoms. The monoisotopic (exact) mass is 687 g/mol. The summed E-state index contributed by atoms with van der Waals surface area (Å²) < 4.78 is 10.4. The molecule has 10 nitrogen and oxygen atoms in total. The first-order chi connectivity index (χ1) is 24.2. The fraction of sp³-hybridized carbons (Fsp3) is 0.282. The number of thioether (sulfide) groups is 1. The number of aromatic nitrogens is 5. The van der Waals surface area contributed by atoms with Crippen LogP contribution in [0.5, 0.6) is 5.75 Å². The van der Waals surface area contributed by atoms with Crippen LogP contribution in [0.25, 0.3) is 22.7 Å². The Bertz CT molecular complexity index is 2130. The molecule has 7 rings (SSSR count). The van der Waals surface area contributed by atoms with E-state index in [-0.39, 0.29) is 30.2 Å². The predicted molar refractivity (Wildman–Crippen MR) is 197 cm³/mol. The van der Waals surface area contributed by atoms with E-state index in [2.05, 4.69) is 53.7 Å². The van der Waals surface area contributed by atoms with E-state index in [4.69, 9.17) is 9.84 Å². The number of nitrogens with zero attached hydrogens (tertiary/aromatic N) is 5. The molecule has 1 aliphatic rings. The molecular weight excluding hydrogens is 647 g/mol. The van der Waals surface area contributed by atoms with E-state index in [9.17, 15) is 9.90 Å². The van der Waals surface area contributed by atoms with Gasteiger partial charge in [-0.2, -0.15) is 5.10 Å². The highest BCUT2D eigenvalue weighted by Crippen LogP contribution is 2.39. The molecule has 3 N–H and O–H groups in total. The van der Waals surface area contributed by atoms with Crippen LogP contribution in [0.4, 0.5) is 10.6 Å². The topological polar surface area (TPSA) is 119 Å². The summed E-state index contributed by atoms with van der Waals surface area (Å²) in [4.78, 5) is 14.6. The van der Waals surface area contributed by atoms with Crippen molar-refractivity contribution in [2.24, 2.45) is 0 Å². The summed E-state index contributed by atoms with van der Waals surface area (Å²) in [5.41, 5.74) is 6.46. The van der Waals surface area contributed by atoms with Crippen molar-refractivity contribution in [1.29, 1.82) is 0 Å². The summed E-state index contributed by atoms with van der Waals surface area (Å²) in [7, 11) is 0. The van der Waals surface area contributed by atoms with Gasteiger partial charge in [-0.15, -0.1) is 22.0 Å². The Morgan fingerprint density at radius 1 is 0.960 bits per heavy atom. The predicted octanol–water partition coefficient (Wildman–Crippen LogP) is 8.05. The van der Waals surface area contributed by atoms with Crippen LogP contribution < -0.4 is 15.4 Å². The number of nitrogens with one attached hydrogen (secondary N) is 2. The van der Waals surface area contributed by atoms with E-state index >= 15 is 0 Å². The van der Waals surface area contributed by atoms with Gasteiger partial charge in [-0.05, 0) is 61.2 Å². The fourth-order valence-corrected chi connectivity index (χ4v) is 7.08. The average Bonchev–Trinajstić information content (AvgIpc) is 3.73. The molecule has 0 saturated heterocycles. The van der Waals surface area contributed by atoms with Crippen molar-refractivity contribution in [2.75, 3.05) is 17.7 Å². The number of pyridine rings is 1. The average molecular weight is 688 g/mol. The number of hydrogen-bond acceptors (Lipinski definition) is 7. The molecule has 0 fully saturated rings. The van der Waals surface area contributed by atoms with Gasteiger partial charge in [0.05, 0.1) is 30.2 Å². The number of aliphatic hydroxyl groups is 1. The Balaban J connectivity index is 1.10. The minimum Gasteiger partial charge on any atom is -0.484 e. The second kappa shape index (κ2) is 14.0. The molecule has 2 atom stereocenters. The van der Waals surface area contributed by atoms with Crippen LogP contribution in [-0.4, -0.2) is 47.9 Å². The Hall–Kier alpha value is -5.13. The van der Waals surface area contributed by atoms with E-state index < -0.39 is 0 Å². The first-order valence-electron chi connectivity index (χ1n) is 16.9. The number of ether oxygens (including phenoxy) is 1. The third kappa shape index (κ3) is 6.97. The van der Waals surface area contributed by atoms with E-state index in [1.54, 1.807) is 16.4 Å². The summed E-state index contributed by atoms with van der Waals surface area (Å²) >= 11 is 1.58. The third-order valence-corrected chi connectivity index (χ3v) is 9.92. The lowest BCUT2D eigenvalue weighted by molar-refractivity contribution is 0.171. The van der Waals surface area contributed by atoms with Crippen molar-refractivity contribution in [3.8, 4) is 22.8 Å². The first kappa shape index (κ1) is 33.4. The number of carbonyl (C=O) groups excluding carboxylic acids is 1. The number of benzene rings is 3. The number of carbonyl (C=O) groups is 1. The Kier molecular flexibility index (Phi) is 9.35. The Labute approximate surface area is 295 Å². The molecule has 2 amide bonds. The molecule has 0 radical (unpaired) electrons. The van der Waals surface area contributed by atoms with Gasteiger partial charge in [0, 0.05) is 27.7 Å². The van der Waals surface area contributed by atoms with Crippen LogP contribution in [0, 0.1) is 6.92 Å². The zero-order valence-electron chi connectivity index (χ0n) is 28.6. The fourth-order valence-electron chi connectivity index (χ4n) is 6.27. The van der Waals surface area contributed by atoms with Crippen molar-refractivity contribution < 1.29 is 14.6 Å². The molecule has 3 aromatic heterocycles. The highest BCUT2D eigenvalue weighted by molar-refractivity contribution is 7.99. The van der Waals surface area contributed by atoms with E-state index in [1.807, 2.05) is 96.4 Å². The lowest BCUT2D eigenvalue weighted by Gasteiger charge is -2.32. The van der Waals surface area contributed by atoms with Gasteiger partial charge in [0.25, 0.3) is 0 Å². The van der Waals surface area contributed by atoms with Crippen LogP contribution in [-0.2, 0) is 5.41 Å². The van der Waals surface area contributed by atoms with Crippen LogP contribution in [0.2, 0.25) is 0 Å². The second-order valence-electron chi connectivity index (χ2n) is 13.6. The molecular formula is C39H41N7O3S. The minimum atomic E-state index is -0.291. The molecule has 0 aliphatic heterocycles. The van der Waals surface area contributed by atoms with Crippen molar-refractivity contribution in [2.45, 2.75) is 63.0 Å². The first-order valence-corrected chi connectivity index (χ1v) is 17.8. The quantitative estimate of drug-likeness (QED) is 0.132. The third-order valence-electron chi connectivity index (χ3n) is 8.87. The number of hydrogen-bond donors (Lipinski definition) is 3. The summed E-state index contributed by atoms with van der Waals surface area (Å²) in [6.07, 6.45) is 3.15. The maximum Gasteiger partial charge on any atom is 0.320 e. The number of urea groups is 1. The molecule has 6 aromatic rings. The number of fused-ring (bicyclic) bond motifs is 2. The van der Waals surface area contributed by atoms with E-state index in [0.29, 0.717) is 41.6 Å². The minimum absolute atomic E-state index is 0.0967. The van der Waals surface area contributed by atoms with E-state index in [0.717, 1.165) is 38.5 Å². The van der Waals surface area contributed by atoms with Crippen LogP contribution in [0.3, 0.4) is 0 Å². The van der Waals surface area contributed by atoms with Crippen molar-refractivity contribution >= 4 is 29.3 Å². The van der Waals surface area contributed by atoms with Gasteiger partial charge in [0.2, 0.25) is 0 Å². The lowest BCUT2D eigenvalue weighted by atomic mass is 9.85. The summed E-state index contributed by atoms with van der Waals surface area (Å²) in [5, 5.41) is 29.4. The standard InChI is InChI=1S/C39H41N7O3S/c1-25-13-15-26(16-14-25)46-36(23-34(44-46)39(2,3)4)41-38(48)40-31-18-19-32(29-10-6-5-9-28(29)31)49-27-17-20-35-42-43-37(45(35)24-27)30-11-7-8-12-33(30)50-22-21-47/h5-17,20,23-24,31-32,47H,18-19,21-22H2,1-4H3,(H2,40,41,48)/t31-,32+/m0/s1. The van der Waals surface area contributed by atoms with Gasteiger partial charge in [-0.3, -0.25) is 9.72 Å². The van der Waals surface area contributed by atoms with Crippen molar-refractivity contribution in [3.05, 3.63) is 120 Å². The largest absolute Gasteiger partial charge is 0.484 e. The number of anilines is 1. The van der Waals surface area contributed by atoms with Crippen molar-refractivity contribution in [1.82, 2.24) is 29.7 Å². The molecule has 0 spiro atoms. The Morgan fingerprint density at radius 3 is 2.50 bits per heavy atom. The zero-order chi connectivity index (χ0) is 34.8. The summed E-state index contributed by atoms with van der Waals surface area (Å²) in [6.45, 7) is 8.47. The smallest absolute Gasteiger partial charge is 0.320 e. The van der Waals surface area contributed by atoms with Crippen molar-refractivity contribution in [3.63, 3.8) is 0 Å². The summed E-state index contributed by atoms with van der Waals surface area (Å²) in [6, 6.07) is 29.5. The number of amides is 2. The molecule has 256 valence electrons. The van der Waals surface area contributed by atoms with Gasteiger partial charge < -0.3 is 15.2 Å². The molecule has 0 saturated carbocycles. The molecule has 0 bridgehead atoms. The second-order valence-corrected chi connectivity index (χ2v) is 14.7. The highest BCUT2D eigenvalue weighted by atomic mass is 32.2. The molecule has 1 aliphatic carbocycles. The van der Waals surface area contributed by atoms with Crippen LogP contribution in [0.15, 0.2) is 102 Å².